The fourth-order valence-electron chi connectivity index (χ4n) is 2.84. The Morgan fingerprint density at radius 3 is 2.59 bits per heavy atom. The van der Waals surface area contributed by atoms with Gasteiger partial charge in [-0.3, -0.25) is 0 Å². The van der Waals surface area contributed by atoms with Gasteiger partial charge >= 0.3 is 0 Å². The quantitative estimate of drug-likeness (QED) is 0.842. The van der Waals surface area contributed by atoms with Crippen molar-refractivity contribution >= 4 is 0 Å². The number of aliphatic hydroxyl groups excluding tert-OH is 2. The summed E-state index contributed by atoms with van der Waals surface area (Å²) in [7, 11) is 1.63. The Morgan fingerprint density at radius 1 is 1.32 bits per heavy atom. The van der Waals surface area contributed by atoms with Gasteiger partial charge in [0.1, 0.15) is 5.75 Å². The van der Waals surface area contributed by atoms with E-state index >= 15 is 0 Å². The maximum Gasteiger partial charge on any atom is 0.184 e. The Balaban J connectivity index is 2.06. The number of benzene rings is 1. The van der Waals surface area contributed by atoms with Crippen molar-refractivity contribution in [1.82, 2.24) is 0 Å². The Hall–Kier alpha value is -1.14. The lowest BCUT2D eigenvalue weighted by Crippen LogP contribution is -2.43. The highest BCUT2D eigenvalue weighted by atomic mass is 16.7. The minimum Gasteiger partial charge on any atom is -0.497 e. The SMILES string of the molecule is COc1ccc([C@@H]2OC[C@H](C)[C@H]([C@H](C)[C@@H](O)CCO)O2)cc1. The molecule has 0 spiro atoms. The molecule has 0 aromatic heterocycles. The normalized spacial score (nSPS) is 28.1. The van der Waals surface area contributed by atoms with Crippen LogP contribution in [0.5, 0.6) is 5.75 Å². The largest absolute Gasteiger partial charge is 0.497 e. The van der Waals surface area contributed by atoms with E-state index in [0.29, 0.717) is 13.0 Å². The first kappa shape index (κ1) is 17.2. The van der Waals surface area contributed by atoms with E-state index in [0.717, 1.165) is 11.3 Å². The first-order valence-electron chi connectivity index (χ1n) is 7.76. The van der Waals surface area contributed by atoms with E-state index in [4.69, 9.17) is 19.3 Å². The van der Waals surface area contributed by atoms with Crippen LogP contribution in [0.3, 0.4) is 0 Å². The second-order valence-corrected chi connectivity index (χ2v) is 5.96. The summed E-state index contributed by atoms with van der Waals surface area (Å²) in [6, 6.07) is 7.59. The van der Waals surface area contributed by atoms with Crippen molar-refractivity contribution in [3.63, 3.8) is 0 Å². The van der Waals surface area contributed by atoms with Crippen molar-refractivity contribution in [3.05, 3.63) is 29.8 Å². The Morgan fingerprint density at radius 2 is 2.00 bits per heavy atom. The van der Waals surface area contributed by atoms with E-state index in [1.54, 1.807) is 7.11 Å². The molecular formula is C17H26O5. The van der Waals surface area contributed by atoms with Crippen LogP contribution in [0.15, 0.2) is 24.3 Å². The van der Waals surface area contributed by atoms with E-state index < -0.39 is 12.4 Å². The van der Waals surface area contributed by atoms with E-state index in [1.807, 2.05) is 31.2 Å². The van der Waals surface area contributed by atoms with Crippen molar-refractivity contribution in [2.24, 2.45) is 11.8 Å². The summed E-state index contributed by atoms with van der Waals surface area (Å²) < 4.78 is 17.0. The van der Waals surface area contributed by atoms with Crippen LogP contribution < -0.4 is 4.74 Å². The Bertz CT molecular complexity index is 447. The number of methoxy groups -OCH3 is 1. The summed E-state index contributed by atoms with van der Waals surface area (Å²) >= 11 is 0. The molecule has 1 aliphatic rings. The van der Waals surface area contributed by atoms with Gasteiger partial charge in [0, 0.05) is 24.0 Å². The third-order valence-corrected chi connectivity index (χ3v) is 4.29. The highest BCUT2D eigenvalue weighted by molar-refractivity contribution is 5.28. The van der Waals surface area contributed by atoms with Gasteiger partial charge < -0.3 is 24.4 Å². The van der Waals surface area contributed by atoms with E-state index in [1.165, 1.54) is 0 Å². The molecule has 2 N–H and O–H groups in total. The molecule has 5 nitrogen and oxygen atoms in total. The summed E-state index contributed by atoms with van der Waals surface area (Å²) in [5.74, 6) is 0.917. The minimum atomic E-state index is -0.577. The maximum absolute atomic E-state index is 10.1. The van der Waals surface area contributed by atoms with Crippen LogP contribution in [-0.4, -0.2) is 42.7 Å². The lowest BCUT2D eigenvalue weighted by molar-refractivity contribution is -0.256. The molecule has 1 heterocycles. The van der Waals surface area contributed by atoms with E-state index in [9.17, 15) is 5.11 Å². The molecule has 124 valence electrons. The van der Waals surface area contributed by atoms with Gasteiger partial charge in [0.2, 0.25) is 0 Å². The molecular weight excluding hydrogens is 284 g/mol. The predicted octanol–water partition coefficient (Wildman–Crippen LogP) is 2.12. The molecule has 0 radical (unpaired) electrons. The molecule has 5 atom stereocenters. The average Bonchev–Trinajstić information content (AvgIpc) is 2.55. The summed E-state index contributed by atoms with van der Waals surface area (Å²) in [5.41, 5.74) is 0.932. The van der Waals surface area contributed by atoms with Gasteiger partial charge in [-0.1, -0.05) is 26.0 Å². The summed E-state index contributed by atoms with van der Waals surface area (Å²) in [6.45, 7) is 4.57. The van der Waals surface area contributed by atoms with Crippen LogP contribution in [0.2, 0.25) is 0 Å². The zero-order valence-electron chi connectivity index (χ0n) is 13.4. The lowest BCUT2D eigenvalue weighted by atomic mass is 9.87. The summed E-state index contributed by atoms with van der Waals surface area (Å²) in [6.07, 6.45) is -0.757. The third-order valence-electron chi connectivity index (χ3n) is 4.29. The van der Waals surface area contributed by atoms with Crippen LogP contribution in [0.1, 0.15) is 32.1 Å². The molecule has 0 unspecified atom stereocenters. The van der Waals surface area contributed by atoms with Gasteiger partial charge in [0.05, 0.1) is 25.9 Å². The van der Waals surface area contributed by atoms with Crippen molar-refractivity contribution < 1.29 is 24.4 Å². The molecule has 1 aliphatic heterocycles. The molecule has 1 aromatic carbocycles. The standard InChI is InChI=1S/C17H26O5/c1-11-10-21-17(13-4-6-14(20-3)7-5-13)22-16(11)12(2)15(19)8-9-18/h4-7,11-12,15-19H,8-10H2,1-3H3/t11-,12+,15-,16+,17+/m0/s1. The lowest BCUT2D eigenvalue weighted by Gasteiger charge is -2.39. The minimum absolute atomic E-state index is 0.0228. The van der Waals surface area contributed by atoms with Crippen molar-refractivity contribution in [1.29, 1.82) is 0 Å². The second kappa shape index (κ2) is 7.92. The molecule has 1 saturated heterocycles. The smallest absolute Gasteiger partial charge is 0.184 e. The number of rotatable bonds is 6. The molecule has 5 heteroatoms. The summed E-state index contributed by atoms with van der Waals surface area (Å²) in [4.78, 5) is 0. The number of ether oxygens (including phenoxy) is 3. The zero-order chi connectivity index (χ0) is 16.1. The topological polar surface area (TPSA) is 68.2 Å². The number of hydrogen-bond donors (Lipinski definition) is 2. The van der Waals surface area contributed by atoms with Crippen molar-refractivity contribution in [2.75, 3.05) is 20.3 Å². The zero-order valence-corrected chi connectivity index (χ0v) is 13.4. The number of hydrogen-bond acceptors (Lipinski definition) is 5. The fourth-order valence-corrected chi connectivity index (χ4v) is 2.84. The van der Waals surface area contributed by atoms with Crippen LogP contribution in [0, 0.1) is 11.8 Å². The van der Waals surface area contributed by atoms with Gasteiger partial charge in [-0.15, -0.1) is 0 Å². The molecule has 1 aromatic rings. The van der Waals surface area contributed by atoms with Gasteiger partial charge in [-0.25, -0.2) is 0 Å². The van der Waals surface area contributed by atoms with E-state index in [2.05, 4.69) is 6.92 Å². The van der Waals surface area contributed by atoms with Crippen molar-refractivity contribution in [2.45, 2.75) is 38.8 Å². The predicted molar refractivity (Wildman–Crippen MR) is 82.6 cm³/mol. The van der Waals surface area contributed by atoms with Gasteiger partial charge in [0.15, 0.2) is 6.29 Å². The first-order valence-corrected chi connectivity index (χ1v) is 7.76. The highest BCUT2D eigenvalue weighted by Gasteiger charge is 2.36. The Labute approximate surface area is 131 Å². The average molecular weight is 310 g/mol. The first-order chi connectivity index (χ1) is 10.6. The molecule has 22 heavy (non-hydrogen) atoms. The molecule has 0 bridgehead atoms. The molecule has 0 amide bonds. The highest BCUT2D eigenvalue weighted by Crippen LogP contribution is 2.34. The Kier molecular flexibility index (Phi) is 6.20. The molecule has 0 saturated carbocycles. The van der Waals surface area contributed by atoms with Crippen LogP contribution >= 0.6 is 0 Å². The van der Waals surface area contributed by atoms with E-state index in [-0.39, 0.29) is 24.5 Å². The van der Waals surface area contributed by atoms with Crippen molar-refractivity contribution in [3.8, 4) is 5.75 Å². The van der Waals surface area contributed by atoms with Crippen LogP contribution in [0.4, 0.5) is 0 Å². The molecule has 1 fully saturated rings. The number of aliphatic hydroxyl groups is 2. The van der Waals surface area contributed by atoms with Crippen LogP contribution in [0.25, 0.3) is 0 Å². The summed E-state index contributed by atoms with van der Waals surface area (Å²) in [5, 5.41) is 19.1. The third kappa shape index (κ3) is 3.98. The van der Waals surface area contributed by atoms with Crippen LogP contribution in [-0.2, 0) is 9.47 Å². The molecule has 2 rings (SSSR count). The molecule has 0 aliphatic carbocycles. The maximum atomic E-state index is 10.1. The van der Waals surface area contributed by atoms with Gasteiger partial charge in [-0.2, -0.15) is 0 Å². The second-order valence-electron chi connectivity index (χ2n) is 5.96. The fraction of sp³-hybridized carbons (Fsp3) is 0.647. The monoisotopic (exact) mass is 310 g/mol. The van der Waals surface area contributed by atoms with Gasteiger partial charge in [0.25, 0.3) is 0 Å². The van der Waals surface area contributed by atoms with Gasteiger partial charge in [-0.05, 0) is 18.6 Å².